The van der Waals surface area contributed by atoms with E-state index >= 15 is 0 Å². The summed E-state index contributed by atoms with van der Waals surface area (Å²) in [5, 5.41) is 3.68. The van der Waals surface area contributed by atoms with Gasteiger partial charge < -0.3 is 14.6 Å². The Bertz CT molecular complexity index is 738. The maximum absolute atomic E-state index is 12.6. The van der Waals surface area contributed by atoms with Gasteiger partial charge in [0, 0.05) is 25.3 Å². The van der Waals surface area contributed by atoms with Crippen LogP contribution in [0.5, 0.6) is 0 Å². The van der Waals surface area contributed by atoms with Crippen LogP contribution in [-0.2, 0) is 4.43 Å². The molecule has 1 aromatic rings. The van der Waals surface area contributed by atoms with Crippen LogP contribution in [0.25, 0.3) is 0 Å². The van der Waals surface area contributed by atoms with Crippen molar-refractivity contribution in [3.05, 3.63) is 23.2 Å². The number of anilines is 2. The topological polar surface area (TPSA) is 44.8 Å². The van der Waals surface area contributed by atoms with Crippen LogP contribution in [0.4, 0.5) is 29.3 Å². The van der Waals surface area contributed by atoms with Gasteiger partial charge in [0.1, 0.15) is 6.54 Å². The second-order valence-electron chi connectivity index (χ2n) is 8.67. The highest BCUT2D eigenvalue weighted by Crippen LogP contribution is 2.36. The van der Waals surface area contributed by atoms with Crippen LogP contribution in [0, 0.1) is 0 Å². The van der Waals surface area contributed by atoms with Crippen molar-refractivity contribution in [2.24, 2.45) is 0 Å². The predicted molar refractivity (Wildman–Crippen MR) is 113 cm³/mol. The largest absolute Gasteiger partial charge is 0.415 e. The monoisotopic (exact) mass is 451 g/mol. The number of urea groups is 1. The SMILES string of the molecule is CC(C)(C)[Si](C)(C)OCCNc1ccc(N2CCN(CC(F)(F)F)C2=O)c(Cl)c1. The molecule has 1 fully saturated rings. The summed E-state index contributed by atoms with van der Waals surface area (Å²) in [6.07, 6.45) is -4.42. The second-order valence-corrected chi connectivity index (χ2v) is 13.9. The molecule has 0 saturated carbocycles. The molecule has 29 heavy (non-hydrogen) atoms. The molecule has 164 valence electrons. The van der Waals surface area contributed by atoms with E-state index < -0.39 is 27.1 Å². The number of amides is 2. The molecular formula is C19H29ClF3N3O2Si. The fourth-order valence-corrected chi connectivity index (χ4v) is 4.05. The molecule has 1 N–H and O–H groups in total. The highest BCUT2D eigenvalue weighted by Gasteiger charge is 2.39. The molecule has 0 radical (unpaired) electrons. The summed E-state index contributed by atoms with van der Waals surface area (Å²) in [4.78, 5) is 14.3. The Morgan fingerprint density at radius 1 is 1.21 bits per heavy atom. The third kappa shape index (κ3) is 6.26. The second kappa shape index (κ2) is 8.73. The number of nitrogens with zero attached hydrogens (tertiary/aromatic N) is 2. The number of carbonyl (C=O) groups excluding carboxylic acids is 1. The van der Waals surface area contributed by atoms with Gasteiger partial charge >= 0.3 is 12.2 Å². The lowest BCUT2D eigenvalue weighted by atomic mass is 10.2. The summed E-state index contributed by atoms with van der Waals surface area (Å²) >= 11 is 6.30. The van der Waals surface area contributed by atoms with Gasteiger partial charge in [0.2, 0.25) is 0 Å². The number of rotatable bonds is 7. The van der Waals surface area contributed by atoms with Gasteiger partial charge in [-0.25, -0.2) is 4.79 Å². The minimum Gasteiger partial charge on any atom is -0.415 e. The lowest BCUT2D eigenvalue weighted by Crippen LogP contribution is -2.41. The van der Waals surface area contributed by atoms with Crippen molar-refractivity contribution in [3.8, 4) is 0 Å². The summed E-state index contributed by atoms with van der Waals surface area (Å²) in [7, 11) is -1.81. The minimum atomic E-state index is -4.42. The van der Waals surface area contributed by atoms with Gasteiger partial charge in [0.05, 0.1) is 17.3 Å². The summed E-state index contributed by atoms with van der Waals surface area (Å²) in [5.41, 5.74) is 1.17. The van der Waals surface area contributed by atoms with E-state index in [0.717, 1.165) is 10.6 Å². The third-order valence-electron chi connectivity index (χ3n) is 5.40. The molecule has 0 spiro atoms. The summed E-state index contributed by atoms with van der Waals surface area (Å²) in [5.74, 6) is 0. The van der Waals surface area contributed by atoms with Crippen LogP contribution in [0.2, 0.25) is 23.2 Å². The van der Waals surface area contributed by atoms with Gasteiger partial charge in [0.15, 0.2) is 8.32 Å². The van der Waals surface area contributed by atoms with Crippen molar-refractivity contribution in [2.75, 3.05) is 43.0 Å². The number of alkyl halides is 3. The molecule has 0 atom stereocenters. The summed E-state index contributed by atoms with van der Waals surface area (Å²) < 4.78 is 43.8. The van der Waals surface area contributed by atoms with E-state index in [1.54, 1.807) is 18.2 Å². The number of nitrogens with one attached hydrogen (secondary N) is 1. The smallest absolute Gasteiger partial charge is 0.406 e. The van der Waals surface area contributed by atoms with E-state index in [9.17, 15) is 18.0 Å². The number of hydrogen-bond acceptors (Lipinski definition) is 3. The Kier molecular flexibility index (Phi) is 7.17. The van der Waals surface area contributed by atoms with Gasteiger partial charge in [-0.15, -0.1) is 0 Å². The first-order chi connectivity index (χ1) is 13.2. The van der Waals surface area contributed by atoms with Gasteiger partial charge in [-0.1, -0.05) is 32.4 Å². The highest BCUT2D eigenvalue weighted by molar-refractivity contribution is 6.74. The van der Waals surface area contributed by atoms with Crippen LogP contribution in [-0.4, -0.2) is 58.2 Å². The maximum atomic E-state index is 12.6. The van der Waals surface area contributed by atoms with E-state index in [4.69, 9.17) is 16.0 Å². The minimum absolute atomic E-state index is 0.0134. The van der Waals surface area contributed by atoms with E-state index in [2.05, 4.69) is 39.2 Å². The number of benzene rings is 1. The Morgan fingerprint density at radius 3 is 2.41 bits per heavy atom. The van der Waals surface area contributed by atoms with Crippen molar-refractivity contribution in [3.63, 3.8) is 0 Å². The molecule has 1 saturated heterocycles. The van der Waals surface area contributed by atoms with Gasteiger partial charge in [-0.3, -0.25) is 4.90 Å². The molecular weight excluding hydrogens is 423 g/mol. The Labute approximate surface area is 176 Å². The van der Waals surface area contributed by atoms with Crippen molar-refractivity contribution in [2.45, 2.75) is 45.1 Å². The van der Waals surface area contributed by atoms with E-state index in [0.29, 0.717) is 23.9 Å². The predicted octanol–water partition coefficient (Wildman–Crippen LogP) is 5.58. The molecule has 0 unspecified atom stereocenters. The lowest BCUT2D eigenvalue weighted by Gasteiger charge is -2.36. The zero-order valence-corrected chi connectivity index (χ0v) is 19.2. The van der Waals surface area contributed by atoms with Gasteiger partial charge in [-0.2, -0.15) is 13.2 Å². The van der Waals surface area contributed by atoms with Crippen molar-refractivity contribution in [1.29, 1.82) is 0 Å². The van der Waals surface area contributed by atoms with Crippen LogP contribution >= 0.6 is 11.6 Å². The average molecular weight is 452 g/mol. The molecule has 1 aliphatic heterocycles. The zero-order chi connectivity index (χ0) is 22.0. The first kappa shape index (κ1) is 23.8. The van der Waals surface area contributed by atoms with Crippen molar-refractivity contribution in [1.82, 2.24) is 4.90 Å². The molecule has 10 heteroatoms. The molecule has 5 nitrogen and oxygen atoms in total. The molecule has 1 aromatic carbocycles. The van der Waals surface area contributed by atoms with Crippen molar-refractivity contribution < 1.29 is 22.4 Å². The summed E-state index contributed by atoms with van der Waals surface area (Å²) in [6, 6.07) is 4.39. The maximum Gasteiger partial charge on any atom is 0.406 e. The van der Waals surface area contributed by atoms with Crippen LogP contribution < -0.4 is 10.2 Å². The first-order valence-electron chi connectivity index (χ1n) is 9.52. The highest BCUT2D eigenvalue weighted by atomic mass is 35.5. The number of hydrogen-bond donors (Lipinski definition) is 1. The van der Waals surface area contributed by atoms with Crippen molar-refractivity contribution >= 4 is 37.3 Å². The lowest BCUT2D eigenvalue weighted by molar-refractivity contribution is -0.138. The fraction of sp³-hybridized carbons (Fsp3) is 0.632. The van der Waals surface area contributed by atoms with Gasteiger partial charge in [-0.05, 0) is 36.3 Å². The quantitative estimate of drug-likeness (QED) is 0.435. The number of carbonyl (C=O) groups is 1. The van der Waals surface area contributed by atoms with E-state index in [1.165, 1.54) is 4.90 Å². The fourth-order valence-electron chi connectivity index (χ4n) is 2.72. The Hall–Kier alpha value is -1.45. The Balaban J connectivity index is 1.93. The standard InChI is InChI=1S/C19H29ClF3N3O2Si/c1-18(2,3)29(4,5)28-11-8-24-14-6-7-16(15(20)12-14)26-10-9-25(17(26)27)13-19(21,22)23/h6-7,12,24H,8-11,13H2,1-5H3. The summed E-state index contributed by atoms with van der Waals surface area (Å²) in [6.45, 7) is 11.0. The molecule has 1 aliphatic rings. The van der Waals surface area contributed by atoms with Gasteiger partial charge in [0.25, 0.3) is 0 Å². The number of halogens is 4. The average Bonchev–Trinajstić information content (AvgIpc) is 2.90. The zero-order valence-electron chi connectivity index (χ0n) is 17.5. The molecule has 2 rings (SSSR count). The van der Waals surface area contributed by atoms with Crippen LogP contribution in [0.1, 0.15) is 20.8 Å². The van der Waals surface area contributed by atoms with E-state index in [1.807, 2.05) is 0 Å². The third-order valence-corrected chi connectivity index (χ3v) is 10.2. The normalized spacial score (nSPS) is 16.0. The molecule has 2 amide bonds. The van der Waals surface area contributed by atoms with E-state index in [-0.39, 0.29) is 18.1 Å². The molecule has 0 bridgehead atoms. The molecule has 0 aliphatic carbocycles. The van der Waals surface area contributed by atoms with Crippen LogP contribution in [0.15, 0.2) is 18.2 Å². The van der Waals surface area contributed by atoms with Crippen LogP contribution in [0.3, 0.4) is 0 Å². The molecule has 0 aromatic heterocycles. The Morgan fingerprint density at radius 2 is 1.86 bits per heavy atom. The molecule has 1 heterocycles. The first-order valence-corrected chi connectivity index (χ1v) is 12.8.